The number of aromatic nitrogens is 4. The predicted octanol–water partition coefficient (Wildman–Crippen LogP) is 4.26. The van der Waals surface area contributed by atoms with Crippen molar-refractivity contribution < 1.29 is 26.1 Å². The van der Waals surface area contributed by atoms with Crippen LogP contribution in [0.1, 0.15) is 31.2 Å². The smallest absolute Gasteiger partial charge is 0.291 e. The van der Waals surface area contributed by atoms with E-state index in [4.69, 9.17) is 9.52 Å². The third-order valence-corrected chi connectivity index (χ3v) is 11.1. The lowest BCUT2D eigenvalue weighted by atomic mass is 10.0. The highest BCUT2D eigenvalue weighted by Crippen LogP contribution is 2.40. The molecular weight excluding hydrogens is 597 g/mol. The van der Waals surface area contributed by atoms with Crippen molar-refractivity contribution in [2.75, 3.05) is 33.5 Å². The summed E-state index contributed by atoms with van der Waals surface area (Å²) in [6.45, 7) is 2.27. The first-order chi connectivity index (χ1) is 19.2. The second-order valence-electron chi connectivity index (χ2n) is 10.4. The molecule has 220 valence electrons. The predicted molar refractivity (Wildman–Crippen MR) is 152 cm³/mol. The number of nitrogens with zero attached hydrogens (tertiary/aromatic N) is 5. The van der Waals surface area contributed by atoms with Gasteiger partial charge in [-0.1, -0.05) is 11.3 Å². The number of hydrogen-bond acceptors (Lipinski definition) is 10. The van der Waals surface area contributed by atoms with Gasteiger partial charge in [-0.25, -0.2) is 35.9 Å². The summed E-state index contributed by atoms with van der Waals surface area (Å²) in [5.74, 6) is 0.553. The molecule has 1 saturated carbocycles. The van der Waals surface area contributed by atoms with Gasteiger partial charge in [-0.05, 0) is 58.1 Å². The topological polar surface area (TPSA) is 143 Å². The van der Waals surface area contributed by atoms with E-state index in [1.54, 1.807) is 12.1 Å². The van der Waals surface area contributed by atoms with Gasteiger partial charge in [0.05, 0.1) is 38.3 Å². The van der Waals surface area contributed by atoms with Crippen LogP contribution in [-0.4, -0.2) is 76.2 Å². The number of hydrogen-bond donors (Lipinski definition) is 2. The van der Waals surface area contributed by atoms with Gasteiger partial charge >= 0.3 is 0 Å². The molecule has 5 rings (SSSR count). The van der Waals surface area contributed by atoms with E-state index in [1.165, 1.54) is 36.0 Å². The molecule has 0 aliphatic heterocycles. The number of rotatable bonds is 11. The minimum atomic E-state index is -4.00. The summed E-state index contributed by atoms with van der Waals surface area (Å²) in [4.78, 5) is 6.43. The fraction of sp³-hybridized carbons (Fsp3) is 0.400. The minimum Gasteiger partial charge on any atom is -0.496 e. The standard InChI is InChI=1S/C25H29F2N7O4S3/c1-25(7-8-25)32-41(36,37)16-11-18(17-6-5-15(12-20(17)38-4)40(28,35)10-9-33(2)3)19-13-29-22(34(19)14-16)24-31-30-23(39-24)21(26)27/h5-6,11-14,21,28,32H,7-10H2,1-4H3. The third-order valence-electron chi connectivity index (χ3n) is 6.80. The van der Waals surface area contributed by atoms with E-state index < -0.39 is 36.7 Å². The summed E-state index contributed by atoms with van der Waals surface area (Å²) < 4.78 is 84.9. The number of ether oxygens (including phenoxy) is 1. The molecular formula is C25H29F2N7O4S3. The summed E-state index contributed by atoms with van der Waals surface area (Å²) >= 11 is 0.666. The van der Waals surface area contributed by atoms with Crippen molar-refractivity contribution in [3.05, 3.63) is 41.7 Å². The Bertz CT molecular complexity index is 1830. The molecule has 0 radical (unpaired) electrons. The largest absolute Gasteiger partial charge is 0.496 e. The van der Waals surface area contributed by atoms with E-state index in [1.807, 2.05) is 25.9 Å². The molecule has 4 aromatic rings. The third kappa shape index (κ3) is 5.97. The van der Waals surface area contributed by atoms with Crippen LogP contribution in [0.4, 0.5) is 8.78 Å². The molecule has 1 fully saturated rings. The van der Waals surface area contributed by atoms with Gasteiger partial charge in [0.1, 0.15) is 5.75 Å². The van der Waals surface area contributed by atoms with Crippen LogP contribution in [0.3, 0.4) is 0 Å². The lowest BCUT2D eigenvalue weighted by Crippen LogP contribution is -2.34. The molecule has 0 spiro atoms. The highest BCUT2D eigenvalue weighted by atomic mass is 32.2. The molecule has 3 aromatic heterocycles. The number of pyridine rings is 1. The van der Waals surface area contributed by atoms with Crippen LogP contribution in [-0.2, 0) is 19.8 Å². The second-order valence-corrected chi connectivity index (χ2v) is 15.3. The first-order valence-electron chi connectivity index (χ1n) is 12.5. The molecule has 11 nitrogen and oxygen atoms in total. The van der Waals surface area contributed by atoms with Crippen molar-refractivity contribution >= 4 is 36.6 Å². The maximum absolute atomic E-state index is 13.5. The number of fused-ring (bicyclic) bond motifs is 1. The van der Waals surface area contributed by atoms with Crippen molar-refractivity contribution in [3.8, 4) is 27.7 Å². The molecule has 0 saturated heterocycles. The van der Waals surface area contributed by atoms with Gasteiger partial charge < -0.3 is 9.64 Å². The van der Waals surface area contributed by atoms with Gasteiger partial charge in [0, 0.05) is 35.2 Å². The Morgan fingerprint density at radius 1 is 1.17 bits per heavy atom. The number of methoxy groups -OCH3 is 1. The Morgan fingerprint density at radius 3 is 2.51 bits per heavy atom. The number of benzene rings is 1. The van der Waals surface area contributed by atoms with Crippen molar-refractivity contribution in [1.29, 1.82) is 4.78 Å². The van der Waals surface area contributed by atoms with Crippen molar-refractivity contribution in [3.63, 3.8) is 0 Å². The fourth-order valence-corrected chi connectivity index (χ4v) is 7.83. The van der Waals surface area contributed by atoms with Gasteiger partial charge in [-0.2, -0.15) is 0 Å². The first kappa shape index (κ1) is 29.4. The Hall–Kier alpha value is -3.05. The molecule has 1 aromatic carbocycles. The Morgan fingerprint density at radius 2 is 1.90 bits per heavy atom. The Balaban J connectivity index is 1.69. The minimum absolute atomic E-state index is 0.0765. The molecule has 1 aliphatic rings. The van der Waals surface area contributed by atoms with Crippen molar-refractivity contribution in [1.82, 2.24) is 29.2 Å². The zero-order chi connectivity index (χ0) is 29.7. The molecule has 1 atom stereocenters. The first-order valence-corrected chi connectivity index (χ1v) is 16.5. The van der Waals surface area contributed by atoms with Crippen LogP contribution >= 0.6 is 11.3 Å². The Kier molecular flexibility index (Phi) is 7.65. The summed E-state index contributed by atoms with van der Waals surface area (Å²) in [6.07, 6.45) is 1.45. The van der Waals surface area contributed by atoms with Gasteiger partial charge in [0.2, 0.25) is 10.0 Å². The van der Waals surface area contributed by atoms with Gasteiger partial charge in [0.15, 0.2) is 15.8 Å². The van der Waals surface area contributed by atoms with Gasteiger partial charge in [-0.15, -0.1) is 10.2 Å². The quantitative estimate of drug-likeness (QED) is 0.252. The zero-order valence-corrected chi connectivity index (χ0v) is 25.2. The molecule has 1 unspecified atom stereocenters. The SMILES string of the molecule is COc1cc(S(=N)(=O)CCN(C)C)ccc1-c1cc(S(=O)(=O)NC2(C)CC2)cn2c(-c3nnc(C(F)F)s3)ncc12. The molecule has 2 N–H and O–H groups in total. The summed E-state index contributed by atoms with van der Waals surface area (Å²) in [5.41, 5.74) is 0.794. The normalized spacial score (nSPS) is 16.4. The van der Waals surface area contributed by atoms with E-state index in [-0.39, 0.29) is 32.1 Å². The van der Waals surface area contributed by atoms with E-state index in [0.717, 1.165) is 0 Å². The molecule has 0 amide bonds. The number of halogens is 2. The van der Waals surface area contributed by atoms with Gasteiger partial charge in [-0.3, -0.25) is 4.40 Å². The lowest BCUT2D eigenvalue weighted by molar-refractivity contribution is 0.150. The van der Waals surface area contributed by atoms with Gasteiger partial charge in [0.25, 0.3) is 6.43 Å². The highest BCUT2D eigenvalue weighted by molar-refractivity contribution is 7.92. The van der Waals surface area contributed by atoms with Crippen LogP contribution in [0.25, 0.3) is 27.5 Å². The van der Waals surface area contributed by atoms with Crippen molar-refractivity contribution in [2.45, 2.75) is 41.5 Å². The molecule has 41 heavy (non-hydrogen) atoms. The van der Waals surface area contributed by atoms with Crippen LogP contribution in [0.15, 0.2) is 46.5 Å². The summed E-state index contributed by atoms with van der Waals surface area (Å²) in [7, 11) is -2.04. The van der Waals surface area contributed by atoms with Crippen molar-refractivity contribution in [2.24, 2.45) is 0 Å². The number of sulfonamides is 1. The maximum atomic E-state index is 13.5. The lowest BCUT2D eigenvalue weighted by Gasteiger charge is -2.17. The maximum Gasteiger partial charge on any atom is 0.291 e. The highest BCUT2D eigenvalue weighted by Gasteiger charge is 2.41. The zero-order valence-electron chi connectivity index (χ0n) is 22.7. The molecule has 0 bridgehead atoms. The van der Waals surface area contributed by atoms with Crippen LogP contribution < -0.4 is 9.46 Å². The summed E-state index contributed by atoms with van der Waals surface area (Å²) in [6, 6.07) is 6.21. The van der Waals surface area contributed by atoms with Crippen LogP contribution in [0, 0.1) is 4.78 Å². The number of nitrogens with one attached hydrogen (secondary N) is 2. The average molecular weight is 626 g/mol. The van der Waals surface area contributed by atoms with E-state index >= 15 is 0 Å². The molecule has 16 heteroatoms. The van der Waals surface area contributed by atoms with Crippen LogP contribution in [0.2, 0.25) is 0 Å². The van der Waals surface area contributed by atoms with Crippen LogP contribution in [0.5, 0.6) is 5.75 Å². The Labute approximate surface area is 240 Å². The second kappa shape index (κ2) is 10.7. The monoisotopic (exact) mass is 625 g/mol. The summed E-state index contributed by atoms with van der Waals surface area (Å²) in [5, 5.41) is 7.01. The van der Waals surface area contributed by atoms with E-state index in [9.17, 15) is 21.4 Å². The molecule has 1 aliphatic carbocycles. The number of alkyl halides is 2. The fourth-order valence-electron chi connectivity index (χ4n) is 4.21. The number of imidazole rings is 1. The average Bonchev–Trinajstić information content (AvgIpc) is 3.29. The van der Waals surface area contributed by atoms with E-state index in [2.05, 4.69) is 19.9 Å². The molecule has 3 heterocycles. The van der Waals surface area contributed by atoms with E-state index in [0.29, 0.717) is 47.4 Å².